The van der Waals surface area contributed by atoms with Crippen LogP contribution in [-0.4, -0.2) is 31.5 Å². The first-order chi connectivity index (χ1) is 8.91. The molecule has 19 heavy (non-hydrogen) atoms. The first-order valence-electron chi connectivity index (χ1n) is 6.61. The summed E-state index contributed by atoms with van der Waals surface area (Å²) in [6.45, 7) is 4.49. The van der Waals surface area contributed by atoms with Gasteiger partial charge in [-0.15, -0.1) is 0 Å². The van der Waals surface area contributed by atoms with Crippen molar-refractivity contribution in [3.8, 4) is 5.75 Å². The highest BCUT2D eigenvalue weighted by atomic mass is 16.5. The van der Waals surface area contributed by atoms with Crippen molar-refractivity contribution in [1.29, 1.82) is 0 Å². The fraction of sp³-hybridized carbons (Fsp3) is 0.533. The van der Waals surface area contributed by atoms with Crippen LogP contribution in [0.2, 0.25) is 0 Å². The van der Waals surface area contributed by atoms with Crippen molar-refractivity contribution in [3.63, 3.8) is 0 Å². The molecule has 0 unspecified atom stereocenters. The quantitative estimate of drug-likeness (QED) is 0.802. The second kappa shape index (κ2) is 7.14. The number of benzene rings is 1. The van der Waals surface area contributed by atoms with Crippen molar-refractivity contribution in [2.24, 2.45) is 5.73 Å². The van der Waals surface area contributed by atoms with Gasteiger partial charge < -0.3 is 15.4 Å². The van der Waals surface area contributed by atoms with Gasteiger partial charge in [-0.2, -0.15) is 0 Å². The molecule has 1 atom stereocenters. The van der Waals surface area contributed by atoms with Gasteiger partial charge in [0, 0.05) is 32.1 Å². The maximum absolute atomic E-state index is 11.4. The summed E-state index contributed by atoms with van der Waals surface area (Å²) in [5, 5.41) is 0. The topological polar surface area (TPSA) is 55.6 Å². The largest absolute Gasteiger partial charge is 0.493 e. The van der Waals surface area contributed by atoms with Gasteiger partial charge in [0.2, 0.25) is 5.91 Å². The van der Waals surface area contributed by atoms with E-state index in [1.807, 2.05) is 32.0 Å². The minimum absolute atomic E-state index is 0.0565. The van der Waals surface area contributed by atoms with E-state index < -0.39 is 0 Å². The van der Waals surface area contributed by atoms with Crippen LogP contribution in [0.1, 0.15) is 36.9 Å². The third-order valence-corrected chi connectivity index (χ3v) is 2.95. The van der Waals surface area contributed by atoms with Crippen molar-refractivity contribution in [2.45, 2.75) is 32.7 Å². The summed E-state index contributed by atoms with van der Waals surface area (Å²) in [7, 11) is 3.52. The summed E-state index contributed by atoms with van der Waals surface area (Å²) in [6.07, 6.45) is 1.22. The Kier molecular flexibility index (Phi) is 5.83. The van der Waals surface area contributed by atoms with Crippen molar-refractivity contribution in [3.05, 3.63) is 29.3 Å². The number of amides is 1. The molecule has 4 nitrogen and oxygen atoms in total. The molecule has 0 spiro atoms. The molecular formula is C15H24N2O2. The Morgan fingerprint density at radius 3 is 2.68 bits per heavy atom. The number of carbonyl (C=O) groups excluding carboxylic acids is 1. The van der Waals surface area contributed by atoms with Gasteiger partial charge in [0.1, 0.15) is 5.75 Å². The van der Waals surface area contributed by atoms with Crippen molar-refractivity contribution < 1.29 is 9.53 Å². The average Bonchev–Trinajstić information content (AvgIpc) is 2.33. The minimum Gasteiger partial charge on any atom is -0.493 e. The molecule has 0 aliphatic carbocycles. The van der Waals surface area contributed by atoms with E-state index in [1.54, 1.807) is 19.0 Å². The number of carbonyl (C=O) groups is 1. The summed E-state index contributed by atoms with van der Waals surface area (Å²) >= 11 is 0. The molecule has 1 aromatic carbocycles. The van der Waals surface area contributed by atoms with E-state index in [4.69, 9.17) is 10.5 Å². The second-order valence-electron chi connectivity index (χ2n) is 5.07. The van der Waals surface area contributed by atoms with Gasteiger partial charge in [0.15, 0.2) is 0 Å². The smallest absolute Gasteiger partial charge is 0.222 e. The summed E-state index contributed by atoms with van der Waals surface area (Å²) in [5.74, 6) is 0.951. The number of rotatable bonds is 6. The van der Waals surface area contributed by atoms with E-state index in [0.717, 1.165) is 16.9 Å². The van der Waals surface area contributed by atoms with E-state index >= 15 is 0 Å². The molecule has 0 radical (unpaired) electrons. The van der Waals surface area contributed by atoms with Crippen molar-refractivity contribution >= 4 is 5.91 Å². The fourth-order valence-electron chi connectivity index (χ4n) is 1.77. The van der Waals surface area contributed by atoms with Crippen LogP contribution < -0.4 is 10.5 Å². The van der Waals surface area contributed by atoms with Crippen LogP contribution in [0, 0.1) is 6.92 Å². The third kappa shape index (κ3) is 4.91. The summed E-state index contributed by atoms with van der Waals surface area (Å²) in [5.41, 5.74) is 8.06. The predicted molar refractivity (Wildman–Crippen MR) is 77.2 cm³/mol. The monoisotopic (exact) mass is 264 g/mol. The molecule has 0 fully saturated rings. The van der Waals surface area contributed by atoms with E-state index in [-0.39, 0.29) is 11.9 Å². The molecular weight excluding hydrogens is 240 g/mol. The number of hydrogen-bond acceptors (Lipinski definition) is 3. The van der Waals surface area contributed by atoms with Gasteiger partial charge in [0.25, 0.3) is 0 Å². The van der Waals surface area contributed by atoms with E-state index in [0.29, 0.717) is 19.4 Å². The zero-order valence-electron chi connectivity index (χ0n) is 12.3. The molecule has 1 amide bonds. The summed E-state index contributed by atoms with van der Waals surface area (Å²) in [4.78, 5) is 13.0. The average molecular weight is 264 g/mol. The highest BCUT2D eigenvalue weighted by molar-refractivity contribution is 5.75. The highest BCUT2D eigenvalue weighted by Crippen LogP contribution is 2.25. The predicted octanol–water partition coefficient (Wildman–Crippen LogP) is 2.26. The van der Waals surface area contributed by atoms with Crippen LogP contribution >= 0.6 is 0 Å². The third-order valence-electron chi connectivity index (χ3n) is 2.95. The SMILES string of the molecule is Cc1ccc([C@H](C)N)c(OCCCC(=O)N(C)C)c1. The Hall–Kier alpha value is -1.55. The molecule has 2 N–H and O–H groups in total. The first-order valence-corrected chi connectivity index (χ1v) is 6.61. The maximum atomic E-state index is 11.4. The Morgan fingerprint density at radius 1 is 1.42 bits per heavy atom. The minimum atomic E-state index is -0.0565. The Morgan fingerprint density at radius 2 is 2.11 bits per heavy atom. The normalized spacial score (nSPS) is 12.1. The number of ether oxygens (including phenoxy) is 1. The molecule has 0 aliphatic rings. The lowest BCUT2D eigenvalue weighted by Gasteiger charge is -2.15. The molecule has 4 heteroatoms. The molecule has 0 saturated heterocycles. The Balaban J connectivity index is 2.53. The van der Waals surface area contributed by atoms with Gasteiger partial charge in [-0.1, -0.05) is 12.1 Å². The van der Waals surface area contributed by atoms with Crippen LogP contribution in [0.5, 0.6) is 5.75 Å². The van der Waals surface area contributed by atoms with Crippen LogP contribution in [-0.2, 0) is 4.79 Å². The van der Waals surface area contributed by atoms with Gasteiger partial charge in [0.05, 0.1) is 6.61 Å². The number of nitrogens with two attached hydrogens (primary N) is 1. The van der Waals surface area contributed by atoms with Gasteiger partial charge in [-0.25, -0.2) is 0 Å². The van der Waals surface area contributed by atoms with Crippen LogP contribution in [0.15, 0.2) is 18.2 Å². The van der Waals surface area contributed by atoms with Gasteiger partial charge >= 0.3 is 0 Å². The lowest BCUT2D eigenvalue weighted by molar-refractivity contribution is -0.128. The van der Waals surface area contributed by atoms with E-state index in [1.165, 1.54) is 0 Å². The van der Waals surface area contributed by atoms with Crippen LogP contribution in [0.4, 0.5) is 0 Å². The zero-order chi connectivity index (χ0) is 14.4. The summed E-state index contributed by atoms with van der Waals surface area (Å²) < 4.78 is 5.76. The number of hydrogen-bond donors (Lipinski definition) is 1. The second-order valence-corrected chi connectivity index (χ2v) is 5.07. The summed E-state index contributed by atoms with van der Waals surface area (Å²) in [6, 6.07) is 5.97. The van der Waals surface area contributed by atoms with Gasteiger partial charge in [-0.05, 0) is 31.9 Å². The molecule has 0 heterocycles. The van der Waals surface area contributed by atoms with Gasteiger partial charge in [-0.3, -0.25) is 4.79 Å². The lowest BCUT2D eigenvalue weighted by Crippen LogP contribution is -2.21. The zero-order valence-corrected chi connectivity index (χ0v) is 12.3. The molecule has 0 aromatic heterocycles. The Labute approximate surface area is 115 Å². The van der Waals surface area contributed by atoms with E-state index in [2.05, 4.69) is 0 Å². The van der Waals surface area contributed by atoms with Crippen molar-refractivity contribution in [1.82, 2.24) is 4.90 Å². The maximum Gasteiger partial charge on any atom is 0.222 e. The highest BCUT2D eigenvalue weighted by Gasteiger charge is 2.09. The van der Waals surface area contributed by atoms with Crippen LogP contribution in [0.25, 0.3) is 0 Å². The van der Waals surface area contributed by atoms with Crippen molar-refractivity contribution in [2.75, 3.05) is 20.7 Å². The van der Waals surface area contributed by atoms with E-state index in [9.17, 15) is 4.79 Å². The van der Waals surface area contributed by atoms with Crippen LogP contribution in [0.3, 0.4) is 0 Å². The number of aryl methyl sites for hydroxylation is 1. The molecule has 0 saturated carbocycles. The molecule has 1 rings (SSSR count). The molecule has 1 aromatic rings. The molecule has 0 aliphatic heterocycles. The standard InChI is InChI=1S/C15H24N2O2/c1-11-7-8-13(12(2)16)14(10-11)19-9-5-6-15(18)17(3)4/h7-8,10,12H,5-6,9,16H2,1-4H3/t12-/m0/s1. The fourth-order valence-corrected chi connectivity index (χ4v) is 1.77. The molecule has 106 valence electrons. The Bertz CT molecular complexity index is 428. The number of nitrogens with zero attached hydrogens (tertiary/aromatic N) is 1. The lowest BCUT2D eigenvalue weighted by atomic mass is 10.1. The first kappa shape index (κ1) is 15.5. The molecule has 0 bridgehead atoms.